The van der Waals surface area contributed by atoms with Gasteiger partial charge in [0.05, 0.1) is 24.9 Å². The zero-order valence-corrected chi connectivity index (χ0v) is 23.2. The van der Waals surface area contributed by atoms with E-state index in [1.54, 1.807) is 13.8 Å². The van der Waals surface area contributed by atoms with Crippen molar-refractivity contribution in [2.24, 2.45) is 11.5 Å². The van der Waals surface area contributed by atoms with Gasteiger partial charge in [-0.1, -0.05) is 12.1 Å². The van der Waals surface area contributed by atoms with Crippen LogP contribution in [-0.4, -0.2) is 99.6 Å². The van der Waals surface area contributed by atoms with Crippen LogP contribution in [0.2, 0.25) is 0 Å². The minimum Gasteiger partial charge on any atom is -0.467 e. The van der Waals surface area contributed by atoms with Gasteiger partial charge in [-0.2, -0.15) is 4.98 Å². The number of urea groups is 1. The summed E-state index contributed by atoms with van der Waals surface area (Å²) in [7, 11) is 1.21. The number of nitrogens with zero attached hydrogens (tertiary/aromatic N) is 5. The SMILES string of the molecule is COC(=O)C1CN(C(=O)C(C)(C)N)CCN1C(=O)Nc1ccn(-c2ccc(CN3CCC(N)CC3)cc2)c(=O)n1. The van der Waals surface area contributed by atoms with Crippen molar-refractivity contribution in [2.75, 3.05) is 45.2 Å². The van der Waals surface area contributed by atoms with E-state index in [0.29, 0.717) is 5.69 Å². The average molecular weight is 555 g/mol. The van der Waals surface area contributed by atoms with Gasteiger partial charge in [0.25, 0.3) is 0 Å². The standard InChI is InChI=1S/C27H38N8O5/c1-27(2,29)24(37)33-14-15-35(21(17-33)23(36)40-3)26(39)31-22-10-13-34(25(38)30-22)20-6-4-18(5-7-20)16-32-11-8-19(28)9-12-32/h4-7,10,13,19,21H,8-9,11-12,14-17,28-29H2,1-3H3,(H,30,31,38,39). The zero-order valence-electron chi connectivity index (χ0n) is 23.2. The van der Waals surface area contributed by atoms with Gasteiger partial charge >= 0.3 is 17.7 Å². The first-order valence-corrected chi connectivity index (χ1v) is 13.4. The highest BCUT2D eigenvalue weighted by molar-refractivity contribution is 5.93. The molecule has 0 aliphatic carbocycles. The number of nitrogens with two attached hydrogens (primary N) is 2. The number of aromatic nitrogens is 2. The molecule has 13 heteroatoms. The zero-order chi connectivity index (χ0) is 29.0. The number of rotatable bonds is 6. The lowest BCUT2D eigenvalue weighted by molar-refractivity contribution is -0.150. The Morgan fingerprint density at radius 1 is 1.07 bits per heavy atom. The molecule has 1 aromatic carbocycles. The van der Waals surface area contributed by atoms with Crippen molar-refractivity contribution in [1.29, 1.82) is 0 Å². The molecule has 216 valence electrons. The van der Waals surface area contributed by atoms with Crippen LogP contribution in [0.3, 0.4) is 0 Å². The van der Waals surface area contributed by atoms with Gasteiger partial charge in [-0.3, -0.25) is 19.6 Å². The number of amides is 3. The number of esters is 1. The molecule has 2 aliphatic rings. The summed E-state index contributed by atoms with van der Waals surface area (Å²) in [5.41, 5.74) is 12.0. The van der Waals surface area contributed by atoms with E-state index in [0.717, 1.165) is 38.0 Å². The van der Waals surface area contributed by atoms with Crippen LogP contribution in [-0.2, 0) is 20.9 Å². The van der Waals surface area contributed by atoms with E-state index >= 15 is 0 Å². The Balaban J connectivity index is 1.41. The molecule has 1 aromatic heterocycles. The summed E-state index contributed by atoms with van der Waals surface area (Å²) in [5, 5.41) is 2.58. The minimum atomic E-state index is -1.12. The van der Waals surface area contributed by atoms with Gasteiger partial charge in [-0.05, 0) is 63.5 Å². The molecule has 5 N–H and O–H groups in total. The first kappa shape index (κ1) is 29.2. The minimum absolute atomic E-state index is 0.0383. The number of likely N-dealkylation sites (tertiary alicyclic amines) is 1. The fourth-order valence-electron chi connectivity index (χ4n) is 4.94. The number of carbonyl (C=O) groups is 3. The molecule has 0 spiro atoms. The Morgan fingerprint density at radius 2 is 1.75 bits per heavy atom. The predicted octanol–water partition coefficient (Wildman–Crippen LogP) is 0.111. The Morgan fingerprint density at radius 3 is 2.35 bits per heavy atom. The van der Waals surface area contributed by atoms with Crippen molar-refractivity contribution in [2.45, 2.75) is 50.9 Å². The second-order valence-corrected chi connectivity index (χ2v) is 10.9. The lowest BCUT2D eigenvalue weighted by atomic mass is 10.0. The average Bonchev–Trinajstić information content (AvgIpc) is 2.93. The lowest BCUT2D eigenvalue weighted by Crippen LogP contribution is -2.63. The summed E-state index contributed by atoms with van der Waals surface area (Å²) < 4.78 is 6.25. The molecule has 0 radical (unpaired) electrons. The van der Waals surface area contributed by atoms with Crippen LogP contribution in [0.1, 0.15) is 32.3 Å². The first-order valence-electron chi connectivity index (χ1n) is 13.4. The summed E-state index contributed by atoms with van der Waals surface area (Å²) in [6, 6.07) is 7.80. The quantitative estimate of drug-likeness (QED) is 0.420. The number of piperazine rings is 1. The summed E-state index contributed by atoms with van der Waals surface area (Å²) in [6.07, 6.45) is 3.52. The number of hydrogen-bond donors (Lipinski definition) is 3. The van der Waals surface area contributed by atoms with Gasteiger partial charge in [0.1, 0.15) is 11.9 Å². The summed E-state index contributed by atoms with van der Waals surface area (Å²) >= 11 is 0. The summed E-state index contributed by atoms with van der Waals surface area (Å²) in [4.78, 5) is 60.0. The number of carbonyl (C=O) groups excluding carboxylic acids is 3. The highest BCUT2D eigenvalue weighted by Crippen LogP contribution is 2.18. The molecular formula is C27H38N8O5. The third kappa shape index (κ3) is 6.84. The van der Waals surface area contributed by atoms with Crippen molar-refractivity contribution in [3.63, 3.8) is 0 Å². The van der Waals surface area contributed by atoms with Crippen LogP contribution >= 0.6 is 0 Å². The number of ether oxygens (including phenoxy) is 1. The molecular weight excluding hydrogens is 516 g/mol. The lowest BCUT2D eigenvalue weighted by Gasteiger charge is -2.41. The number of hydrogen-bond acceptors (Lipinski definition) is 9. The second kappa shape index (κ2) is 12.1. The van der Waals surface area contributed by atoms with Crippen LogP contribution in [0.4, 0.5) is 10.6 Å². The number of piperidine rings is 1. The van der Waals surface area contributed by atoms with Crippen molar-refractivity contribution < 1.29 is 19.1 Å². The largest absolute Gasteiger partial charge is 0.467 e. The maximum atomic E-state index is 13.1. The monoisotopic (exact) mass is 554 g/mol. The Kier molecular flexibility index (Phi) is 8.86. The molecule has 2 saturated heterocycles. The van der Waals surface area contributed by atoms with Crippen molar-refractivity contribution in [1.82, 2.24) is 24.3 Å². The highest BCUT2D eigenvalue weighted by atomic mass is 16.5. The molecule has 40 heavy (non-hydrogen) atoms. The number of benzene rings is 1. The Bertz CT molecular complexity index is 1280. The Hall–Kier alpha value is -3.81. The van der Waals surface area contributed by atoms with Gasteiger partial charge in [-0.25, -0.2) is 14.4 Å². The molecule has 4 rings (SSSR count). The number of methoxy groups -OCH3 is 1. The molecule has 1 atom stereocenters. The smallest absolute Gasteiger partial charge is 0.354 e. The Labute approximate surface area is 233 Å². The summed E-state index contributed by atoms with van der Waals surface area (Å²) in [6.45, 7) is 6.13. The summed E-state index contributed by atoms with van der Waals surface area (Å²) in [5.74, 6) is -0.967. The van der Waals surface area contributed by atoms with E-state index in [2.05, 4.69) is 15.2 Å². The van der Waals surface area contributed by atoms with Crippen LogP contribution in [0.25, 0.3) is 5.69 Å². The van der Waals surface area contributed by atoms with Crippen LogP contribution in [0.15, 0.2) is 41.3 Å². The topological polar surface area (TPSA) is 169 Å². The van der Waals surface area contributed by atoms with E-state index < -0.39 is 29.3 Å². The molecule has 1 unspecified atom stereocenters. The van der Waals surface area contributed by atoms with E-state index in [9.17, 15) is 19.2 Å². The van der Waals surface area contributed by atoms with E-state index in [1.165, 1.54) is 33.7 Å². The second-order valence-electron chi connectivity index (χ2n) is 10.9. The molecule has 3 heterocycles. The third-order valence-corrected chi connectivity index (χ3v) is 7.24. The molecule has 0 saturated carbocycles. The van der Waals surface area contributed by atoms with E-state index in [-0.39, 0.29) is 37.4 Å². The third-order valence-electron chi connectivity index (χ3n) is 7.24. The van der Waals surface area contributed by atoms with Gasteiger partial charge in [-0.15, -0.1) is 0 Å². The van der Waals surface area contributed by atoms with Gasteiger partial charge in [0, 0.05) is 31.9 Å². The van der Waals surface area contributed by atoms with Crippen molar-refractivity contribution >= 4 is 23.7 Å². The molecule has 2 aromatic rings. The predicted molar refractivity (Wildman–Crippen MR) is 149 cm³/mol. The van der Waals surface area contributed by atoms with E-state index in [4.69, 9.17) is 16.2 Å². The van der Waals surface area contributed by atoms with Crippen LogP contribution in [0, 0.1) is 0 Å². The van der Waals surface area contributed by atoms with Crippen molar-refractivity contribution in [3.05, 3.63) is 52.6 Å². The number of nitrogens with one attached hydrogen (secondary N) is 1. The highest BCUT2D eigenvalue weighted by Gasteiger charge is 2.40. The fourth-order valence-corrected chi connectivity index (χ4v) is 4.94. The van der Waals surface area contributed by atoms with Gasteiger partial charge in [0.2, 0.25) is 5.91 Å². The maximum Gasteiger partial charge on any atom is 0.354 e. The fraction of sp³-hybridized carbons (Fsp3) is 0.519. The molecule has 13 nitrogen and oxygen atoms in total. The normalized spacial score (nSPS) is 18.9. The van der Waals surface area contributed by atoms with Crippen LogP contribution in [0.5, 0.6) is 0 Å². The molecule has 2 fully saturated rings. The van der Waals surface area contributed by atoms with Gasteiger partial charge < -0.3 is 26.0 Å². The maximum absolute atomic E-state index is 13.1. The van der Waals surface area contributed by atoms with Crippen molar-refractivity contribution in [3.8, 4) is 5.69 Å². The van der Waals surface area contributed by atoms with E-state index in [1.807, 2.05) is 24.3 Å². The van der Waals surface area contributed by atoms with Crippen LogP contribution < -0.4 is 22.5 Å². The molecule has 3 amide bonds. The van der Waals surface area contributed by atoms with Gasteiger partial charge in [0.15, 0.2) is 0 Å². The first-order chi connectivity index (χ1) is 19.0. The molecule has 0 bridgehead atoms. The molecule has 2 aliphatic heterocycles. The number of anilines is 1.